The number of nitrogens with zero attached hydrogens (tertiary/aromatic N) is 1. The number of ether oxygens (including phenoxy) is 3. The molecule has 0 aliphatic heterocycles. The van der Waals surface area contributed by atoms with Gasteiger partial charge in [0.15, 0.2) is 0 Å². The Bertz CT molecular complexity index is 830. The second kappa shape index (κ2) is 9.11. The Morgan fingerprint density at radius 1 is 1.00 bits per heavy atom. The molecule has 0 fully saturated rings. The Kier molecular flexibility index (Phi) is 6.57. The zero-order chi connectivity index (χ0) is 20.1. The third kappa shape index (κ3) is 3.72. The number of carbonyl (C=O) groups excluding carboxylic acids is 1. The van der Waals surface area contributed by atoms with Crippen LogP contribution in [0.2, 0.25) is 0 Å². The molecule has 2 aromatic carbocycles. The monoisotopic (exact) mass is 383 g/mol. The number of benzene rings is 2. The summed E-state index contributed by atoms with van der Waals surface area (Å²) in [4.78, 5) is 14.3. The first-order valence-electron chi connectivity index (χ1n) is 9.88. The smallest absolute Gasteiger partial charge is 0.131 e. The van der Waals surface area contributed by atoms with Crippen LogP contribution in [0, 0.1) is 0 Å². The average Bonchev–Trinajstić information content (AvgIpc) is 3.07. The van der Waals surface area contributed by atoms with Crippen LogP contribution in [-0.4, -0.2) is 51.6 Å². The van der Waals surface area contributed by atoms with Crippen LogP contribution in [0.3, 0.4) is 0 Å². The van der Waals surface area contributed by atoms with Gasteiger partial charge in [0, 0.05) is 23.7 Å². The quantitative estimate of drug-likeness (QED) is 0.456. The van der Waals surface area contributed by atoms with Gasteiger partial charge in [-0.1, -0.05) is 26.0 Å². The van der Waals surface area contributed by atoms with E-state index < -0.39 is 0 Å². The van der Waals surface area contributed by atoms with E-state index >= 15 is 0 Å². The molecule has 0 N–H and O–H groups in total. The Balaban J connectivity index is 1.93. The molecule has 0 saturated heterocycles. The van der Waals surface area contributed by atoms with Crippen molar-refractivity contribution in [2.45, 2.75) is 26.2 Å². The highest BCUT2D eigenvalue weighted by Gasteiger charge is 2.34. The summed E-state index contributed by atoms with van der Waals surface area (Å²) in [5.41, 5.74) is 3.74. The molecular formula is C23H29NO4. The fourth-order valence-corrected chi connectivity index (χ4v) is 3.92. The van der Waals surface area contributed by atoms with Crippen LogP contribution in [0.15, 0.2) is 30.3 Å². The Morgan fingerprint density at radius 2 is 1.75 bits per heavy atom. The molecule has 3 rings (SSSR count). The zero-order valence-corrected chi connectivity index (χ0v) is 17.2. The second-order valence-electron chi connectivity index (χ2n) is 6.86. The van der Waals surface area contributed by atoms with Crippen molar-refractivity contribution < 1.29 is 19.0 Å². The number of rotatable bonds is 10. The minimum absolute atomic E-state index is 0.340. The van der Waals surface area contributed by atoms with Crippen molar-refractivity contribution in [3.05, 3.63) is 41.5 Å². The summed E-state index contributed by atoms with van der Waals surface area (Å²) in [6, 6.07) is 9.68. The van der Waals surface area contributed by atoms with Gasteiger partial charge in [0.25, 0.3) is 0 Å². The molecule has 5 heteroatoms. The fourth-order valence-electron chi connectivity index (χ4n) is 3.92. The van der Waals surface area contributed by atoms with E-state index in [4.69, 9.17) is 14.2 Å². The van der Waals surface area contributed by atoms with Crippen molar-refractivity contribution in [2.24, 2.45) is 0 Å². The zero-order valence-electron chi connectivity index (χ0n) is 17.2. The molecule has 0 spiro atoms. The van der Waals surface area contributed by atoms with Gasteiger partial charge in [0.2, 0.25) is 0 Å². The summed E-state index contributed by atoms with van der Waals surface area (Å²) in [5.74, 6) is 1.83. The van der Waals surface area contributed by atoms with Gasteiger partial charge in [-0.15, -0.1) is 0 Å². The number of hydrogen-bond donors (Lipinski definition) is 0. The molecule has 0 aromatic heterocycles. The summed E-state index contributed by atoms with van der Waals surface area (Å²) in [5, 5.41) is 0. The Hall–Kier alpha value is -2.53. The van der Waals surface area contributed by atoms with Gasteiger partial charge in [-0.3, -0.25) is 0 Å². The van der Waals surface area contributed by atoms with Crippen LogP contribution in [0.25, 0.3) is 11.1 Å². The minimum atomic E-state index is -0.340. The molecule has 1 atom stereocenters. The summed E-state index contributed by atoms with van der Waals surface area (Å²) < 4.78 is 17.2. The fraction of sp³-hybridized carbons (Fsp3) is 0.435. The van der Waals surface area contributed by atoms with E-state index in [1.807, 2.05) is 30.3 Å². The lowest BCUT2D eigenvalue weighted by atomic mass is 9.98. The first kappa shape index (κ1) is 20.2. The van der Waals surface area contributed by atoms with E-state index in [0.29, 0.717) is 18.1 Å². The molecule has 1 unspecified atom stereocenters. The molecule has 0 amide bonds. The highest BCUT2D eigenvalue weighted by molar-refractivity contribution is 5.94. The molecule has 0 saturated carbocycles. The molecule has 1 aliphatic rings. The van der Waals surface area contributed by atoms with Crippen LogP contribution in [0.4, 0.5) is 0 Å². The van der Waals surface area contributed by atoms with Crippen molar-refractivity contribution in [1.82, 2.24) is 4.90 Å². The number of fused-ring (bicyclic) bond motifs is 3. The van der Waals surface area contributed by atoms with Crippen LogP contribution < -0.4 is 14.2 Å². The summed E-state index contributed by atoms with van der Waals surface area (Å²) in [6.07, 6.45) is 1.93. The van der Waals surface area contributed by atoms with Crippen molar-refractivity contribution in [3.8, 4) is 28.4 Å². The molecular weight excluding hydrogens is 354 g/mol. The molecule has 0 radical (unpaired) electrons. The van der Waals surface area contributed by atoms with E-state index in [2.05, 4.69) is 18.7 Å². The van der Waals surface area contributed by atoms with Crippen molar-refractivity contribution in [1.29, 1.82) is 0 Å². The van der Waals surface area contributed by atoms with Gasteiger partial charge in [-0.25, -0.2) is 0 Å². The SMILES string of the molecule is CCN(CC)CCCOc1cccc2c1-c1c(OC)cc(OC)cc1C2C=O. The topological polar surface area (TPSA) is 48.0 Å². The van der Waals surface area contributed by atoms with Crippen molar-refractivity contribution in [2.75, 3.05) is 40.5 Å². The number of carbonyl (C=O) groups is 1. The second-order valence-corrected chi connectivity index (χ2v) is 6.86. The van der Waals surface area contributed by atoms with Gasteiger partial charge in [-0.2, -0.15) is 0 Å². The van der Waals surface area contributed by atoms with Crippen LogP contribution in [0.5, 0.6) is 17.2 Å². The summed E-state index contributed by atoms with van der Waals surface area (Å²) >= 11 is 0. The summed E-state index contributed by atoms with van der Waals surface area (Å²) in [6.45, 7) is 8.08. The average molecular weight is 383 g/mol. The predicted molar refractivity (Wildman–Crippen MR) is 111 cm³/mol. The van der Waals surface area contributed by atoms with Gasteiger partial charge < -0.3 is 23.9 Å². The molecule has 1 aliphatic carbocycles. The Morgan fingerprint density at radius 3 is 2.39 bits per heavy atom. The number of methoxy groups -OCH3 is 2. The van der Waals surface area contributed by atoms with E-state index in [1.54, 1.807) is 14.2 Å². The lowest BCUT2D eigenvalue weighted by Crippen LogP contribution is -2.25. The molecule has 5 nitrogen and oxygen atoms in total. The van der Waals surface area contributed by atoms with Crippen molar-refractivity contribution >= 4 is 6.29 Å². The van der Waals surface area contributed by atoms with Gasteiger partial charge >= 0.3 is 0 Å². The van der Waals surface area contributed by atoms with Crippen molar-refractivity contribution in [3.63, 3.8) is 0 Å². The maximum atomic E-state index is 11.9. The minimum Gasteiger partial charge on any atom is -0.497 e. The lowest BCUT2D eigenvalue weighted by molar-refractivity contribution is -0.108. The third-order valence-corrected chi connectivity index (χ3v) is 5.45. The van der Waals surface area contributed by atoms with Crippen LogP contribution in [0.1, 0.15) is 37.3 Å². The predicted octanol–water partition coefficient (Wildman–Crippen LogP) is 4.13. The van der Waals surface area contributed by atoms with Crippen LogP contribution in [-0.2, 0) is 4.79 Å². The molecule has 0 bridgehead atoms. The maximum absolute atomic E-state index is 11.9. The highest BCUT2D eigenvalue weighted by atomic mass is 16.5. The third-order valence-electron chi connectivity index (χ3n) is 5.45. The largest absolute Gasteiger partial charge is 0.497 e. The molecule has 150 valence electrons. The summed E-state index contributed by atoms with van der Waals surface area (Å²) in [7, 11) is 3.25. The van der Waals surface area contributed by atoms with Gasteiger partial charge in [-0.05, 0) is 42.8 Å². The number of aldehydes is 1. The Labute approximate surface area is 167 Å². The normalized spacial score (nSPS) is 14.5. The van der Waals surface area contributed by atoms with E-state index in [0.717, 1.165) is 60.3 Å². The first-order valence-corrected chi connectivity index (χ1v) is 9.88. The maximum Gasteiger partial charge on any atom is 0.131 e. The lowest BCUT2D eigenvalue weighted by Gasteiger charge is -2.18. The molecule has 2 aromatic rings. The number of hydrogen-bond acceptors (Lipinski definition) is 5. The molecule has 28 heavy (non-hydrogen) atoms. The van der Waals surface area contributed by atoms with E-state index in [-0.39, 0.29) is 5.92 Å². The van der Waals surface area contributed by atoms with E-state index in [1.165, 1.54) is 0 Å². The first-order chi connectivity index (χ1) is 13.7. The van der Waals surface area contributed by atoms with Gasteiger partial charge in [0.05, 0.1) is 26.7 Å². The van der Waals surface area contributed by atoms with Crippen LogP contribution >= 0.6 is 0 Å². The highest BCUT2D eigenvalue weighted by Crippen LogP contribution is 2.53. The molecule has 0 heterocycles. The van der Waals surface area contributed by atoms with Gasteiger partial charge in [0.1, 0.15) is 23.5 Å². The standard InChI is InChI=1S/C23H29NO4/c1-5-24(6-2)11-8-12-28-20-10-7-9-17-19(15-25)18-13-16(26-3)14-21(27-4)23(18)22(17)20/h7,9-10,13-15,19H,5-6,8,11-12H2,1-4H3. The van der Waals surface area contributed by atoms with E-state index in [9.17, 15) is 4.79 Å².